The number of aliphatic carboxylic acids is 1. The molecule has 6 unspecified atom stereocenters. The smallest absolute Gasteiger partial charge is 0.328 e. The highest BCUT2D eigenvalue weighted by Crippen LogP contribution is 2.01. The van der Waals surface area contributed by atoms with E-state index in [0.29, 0.717) is 0 Å². The summed E-state index contributed by atoms with van der Waals surface area (Å²) in [7, 11) is 0. The van der Waals surface area contributed by atoms with Crippen LogP contribution in [0.25, 0.3) is 0 Å². The lowest BCUT2D eigenvalue weighted by atomic mass is 10.1. The van der Waals surface area contributed by atoms with Crippen LogP contribution >= 0.6 is 0 Å². The van der Waals surface area contributed by atoms with Gasteiger partial charge in [-0.3, -0.25) is 19.2 Å². The van der Waals surface area contributed by atoms with E-state index in [2.05, 4.69) is 10.6 Å². The highest BCUT2D eigenvalue weighted by molar-refractivity contribution is 5.96. The molecule has 166 valence electrons. The van der Waals surface area contributed by atoms with Crippen LogP contribution < -0.4 is 27.4 Å². The molecule has 14 heteroatoms. The molecule has 11 N–H and O–H groups in total. The van der Waals surface area contributed by atoms with Gasteiger partial charge in [0.25, 0.3) is 0 Å². The van der Waals surface area contributed by atoms with Crippen molar-refractivity contribution in [2.45, 2.75) is 56.6 Å². The first-order valence-electron chi connectivity index (χ1n) is 8.46. The van der Waals surface area contributed by atoms with E-state index in [-0.39, 0.29) is 0 Å². The second kappa shape index (κ2) is 11.9. The zero-order valence-electron chi connectivity index (χ0n) is 15.9. The summed E-state index contributed by atoms with van der Waals surface area (Å²) < 4.78 is 0. The van der Waals surface area contributed by atoms with Gasteiger partial charge in [0.05, 0.1) is 25.2 Å². The summed E-state index contributed by atoms with van der Waals surface area (Å²) in [6, 6.07) is -6.39. The van der Waals surface area contributed by atoms with Crippen molar-refractivity contribution in [3.05, 3.63) is 0 Å². The van der Waals surface area contributed by atoms with E-state index in [1.165, 1.54) is 0 Å². The minimum Gasteiger partial charge on any atom is -0.480 e. The van der Waals surface area contributed by atoms with Gasteiger partial charge in [-0.15, -0.1) is 0 Å². The number of amides is 4. The van der Waals surface area contributed by atoms with Crippen LogP contribution in [0.1, 0.15) is 20.3 Å². The highest BCUT2D eigenvalue weighted by Gasteiger charge is 2.34. The predicted octanol–water partition coefficient (Wildman–Crippen LogP) is -5.52. The lowest BCUT2D eigenvalue weighted by Gasteiger charge is -2.26. The van der Waals surface area contributed by atoms with Crippen molar-refractivity contribution < 1.29 is 44.4 Å². The summed E-state index contributed by atoms with van der Waals surface area (Å²) in [4.78, 5) is 58.7. The Morgan fingerprint density at radius 2 is 1.34 bits per heavy atom. The number of carbonyl (C=O) groups is 5. The number of nitrogens with one attached hydrogen (secondary N) is 3. The van der Waals surface area contributed by atoms with Gasteiger partial charge < -0.3 is 47.8 Å². The third-order valence-electron chi connectivity index (χ3n) is 3.68. The third-order valence-corrected chi connectivity index (χ3v) is 3.68. The maximum Gasteiger partial charge on any atom is 0.328 e. The average Bonchev–Trinajstić information content (AvgIpc) is 2.60. The molecule has 0 radical (unpaired) electrons. The summed E-state index contributed by atoms with van der Waals surface area (Å²) in [5.74, 6) is -5.81. The molecule has 0 bridgehead atoms. The normalized spacial score (nSPS) is 17.0. The number of hydrogen-bond acceptors (Lipinski definition) is 9. The van der Waals surface area contributed by atoms with Crippen LogP contribution in [-0.4, -0.2) is 93.0 Å². The first-order valence-corrected chi connectivity index (χ1v) is 8.46. The standard InChI is InChI=1S/C15H27N5O9/c1-5(22)10(19-12(25)7(16)4-21)14(27)18-8(3-9(17)24)13(26)20-11(6(2)23)15(28)29/h5-8,10-11,21-23H,3-4,16H2,1-2H3,(H2,17,24)(H,18,27)(H,19,25)(H,20,26)(H,28,29). The maximum absolute atomic E-state index is 12.4. The second-order valence-corrected chi connectivity index (χ2v) is 6.31. The van der Waals surface area contributed by atoms with Gasteiger partial charge in [0, 0.05) is 0 Å². The molecule has 0 saturated carbocycles. The van der Waals surface area contributed by atoms with Gasteiger partial charge in [-0.25, -0.2) is 4.79 Å². The van der Waals surface area contributed by atoms with Crippen molar-refractivity contribution in [3.63, 3.8) is 0 Å². The van der Waals surface area contributed by atoms with Crippen molar-refractivity contribution in [1.82, 2.24) is 16.0 Å². The Hall–Kier alpha value is -2.81. The zero-order valence-corrected chi connectivity index (χ0v) is 15.9. The molecule has 0 aromatic carbocycles. The monoisotopic (exact) mass is 421 g/mol. The quantitative estimate of drug-likeness (QED) is 0.144. The molecule has 29 heavy (non-hydrogen) atoms. The molecule has 0 aliphatic heterocycles. The van der Waals surface area contributed by atoms with E-state index in [0.717, 1.165) is 13.8 Å². The molecule has 0 aromatic heterocycles. The van der Waals surface area contributed by atoms with E-state index in [4.69, 9.17) is 21.7 Å². The van der Waals surface area contributed by atoms with Gasteiger partial charge in [-0.05, 0) is 13.8 Å². The summed E-state index contributed by atoms with van der Waals surface area (Å²) in [6.07, 6.45) is -3.70. The van der Waals surface area contributed by atoms with Crippen molar-refractivity contribution in [1.29, 1.82) is 0 Å². The second-order valence-electron chi connectivity index (χ2n) is 6.31. The summed E-state index contributed by atoms with van der Waals surface area (Å²) in [5.41, 5.74) is 10.3. The Kier molecular flexibility index (Phi) is 10.7. The topological polar surface area (TPSA) is 254 Å². The van der Waals surface area contributed by atoms with Gasteiger partial charge in [0.2, 0.25) is 23.6 Å². The fourth-order valence-electron chi connectivity index (χ4n) is 2.06. The Morgan fingerprint density at radius 3 is 1.72 bits per heavy atom. The van der Waals surface area contributed by atoms with E-state index < -0.39 is 79.0 Å². The number of hydrogen-bond donors (Lipinski definition) is 9. The van der Waals surface area contributed by atoms with Crippen molar-refractivity contribution >= 4 is 29.6 Å². The van der Waals surface area contributed by atoms with Crippen LogP contribution in [0.15, 0.2) is 0 Å². The van der Waals surface area contributed by atoms with Crippen LogP contribution in [0, 0.1) is 0 Å². The molecule has 0 saturated heterocycles. The molecule has 0 aromatic rings. The maximum atomic E-state index is 12.4. The minimum atomic E-state index is -1.73. The van der Waals surface area contributed by atoms with Gasteiger partial charge in [0.15, 0.2) is 6.04 Å². The number of rotatable bonds is 12. The fraction of sp³-hybridized carbons (Fsp3) is 0.667. The van der Waals surface area contributed by atoms with Crippen molar-refractivity contribution in [2.75, 3.05) is 6.61 Å². The van der Waals surface area contributed by atoms with E-state index in [9.17, 15) is 34.2 Å². The summed E-state index contributed by atoms with van der Waals surface area (Å²) in [6.45, 7) is 1.51. The Labute approximate surface area is 165 Å². The molecule has 0 rings (SSSR count). The van der Waals surface area contributed by atoms with Crippen LogP contribution in [0.2, 0.25) is 0 Å². The molecule has 0 aliphatic carbocycles. The van der Waals surface area contributed by atoms with Crippen LogP contribution in [-0.2, 0) is 24.0 Å². The van der Waals surface area contributed by atoms with Gasteiger partial charge in [0.1, 0.15) is 18.1 Å². The highest BCUT2D eigenvalue weighted by atomic mass is 16.4. The van der Waals surface area contributed by atoms with E-state index in [1.54, 1.807) is 0 Å². The molecular formula is C15H27N5O9. The lowest BCUT2D eigenvalue weighted by molar-refractivity contribution is -0.145. The SMILES string of the molecule is CC(O)C(NC(=O)C(CC(N)=O)NC(=O)C(NC(=O)C(N)CO)C(C)O)C(=O)O. The number of primary amides is 1. The van der Waals surface area contributed by atoms with Gasteiger partial charge in [-0.2, -0.15) is 0 Å². The van der Waals surface area contributed by atoms with Crippen molar-refractivity contribution in [3.8, 4) is 0 Å². The van der Waals surface area contributed by atoms with E-state index in [1.807, 2.05) is 5.32 Å². The van der Waals surface area contributed by atoms with Crippen LogP contribution in [0.5, 0.6) is 0 Å². The molecule has 6 atom stereocenters. The molecule has 4 amide bonds. The minimum absolute atomic E-state index is 0.734. The number of aliphatic hydroxyl groups excluding tert-OH is 3. The first kappa shape index (κ1) is 26.2. The molecule has 0 aliphatic rings. The van der Waals surface area contributed by atoms with Crippen LogP contribution in [0.3, 0.4) is 0 Å². The summed E-state index contributed by atoms with van der Waals surface area (Å²) >= 11 is 0. The lowest BCUT2D eigenvalue weighted by Crippen LogP contribution is -2.61. The average molecular weight is 421 g/mol. The predicted molar refractivity (Wildman–Crippen MR) is 95.7 cm³/mol. The molecule has 0 spiro atoms. The Bertz CT molecular complexity index is 625. The number of carboxylic acids is 1. The van der Waals surface area contributed by atoms with Gasteiger partial charge >= 0.3 is 5.97 Å². The number of carboxylic acid groups (broad SMARTS) is 1. The van der Waals surface area contributed by atoms with E-state index >= 15 is 0 Å². The summed E-state index contributed by atoms with van der Waals surface area (Å²) in [5, 5.41) is 43.1. The first-order chi connectivity index (χ1) is 13.3. The zero-order chi connectivity index (χ0) is 22.9. The molecule has 0 fully saturated rings. The number of aliphatic hydroxyl groups is 3. The van der Waals surface area contributed by atoms with Gasteiger partial charge in [-0.1, -0.05) is 0 Å². The van der Waals surface area contributed by atoms with Crippen molar-refractivity contribution in [2.24, 2.45) is 11.5 Å². The molecule has 14 nitrogen and oxygen atoms in total. The third kappa shape index (κ3) is 8.82. The Morgan fingerprint density at radius 1 is 0.862 bits per heavy atom. The Balaban J connectivity index is 5.43. The number of nitrogens with two attached hydrogens (primary N) is 2. The van der Waals surface area contributed by atoms with Crippen LogP contribution in [0.4, 0.5) is 0 Å². The largest absolute Gasteiger partial charge is 0.480 e. The fourth-order valence-corrected chi connectivity index (χ4v) is 2.06. The number of carbonyl (C=O) groups excluding carboxylic acids is 4. The molecule has 0 heterocycles. The molecular weight excluding hydrogens is 394 g/mol.